The number of rotatable bonds is 4. The highest BCUT2D eigenvalue weighted by atomic mass is 32.1. The molecule has 0 unspecified atom stereocenters. The van der Waals surface area contributed by atoms with Gasteiger partial charge in [0, 0.05) is 36.2 Å². The molecule has 4 nitrogen and oxygen atoms in total. The van der Waals surface area contributed by atoms with Gasteiger partial charge in [0.25, 0.3) is 5.91 Å². The van der Waals surface area contributed by atoms with Gasteiger partial charge >= 0.3 is 6.18 Å². The molecular formula is C20H19F3N2O2S. The molecule has 3 rings (SSSR count). The van der Waals surface area contributed by atoms with E-state index in [9.17, 15) is 22.8 Å². The van der Waals surface area contributed by atoms with E-state index >= 15 is 0 Å². The monoisotopic (exact) mass is 408 g/mol. The lowest BCUT2D eigenvalue weighted by molar-refractivity contribution is -0.137. The maximum atomic E-state index is 12.7. The number of likely N-dealkylation sites (tertiary alicyclic amines) is 1. The van der Waals surface area contributed by atoms with E-state index in [4.69, 9.17) is 0 Å². The van der Waals surface area contributed by atoms with Crippen molar-refractivity contribution in [2.24, 2.45) is 0 Å². The molecule has 8 heteroatoms. The van der Waals surface area contributed by atoms with E-state index in [1.54, 1.807) is 16.3 Å². The fraction of sp³-hybridized carbons (Fsp3) is 0.300. The van der Waals surface area contributed by atoms with Crippen LogP contribution in [0.25, 0.3) is 6.08 Å². The van der Waals surface area contributed by atoms with Gasteiger partial charge < -0.3 is 10.2 Å². The maximum absolute atomic E-state index is 12.7. The lowest BCUT2D eigenvalue weighted by atomic mass is 10.0. The first kappa shape index (κ1) is 20.1. The van der Waals surface area contributed by atoms with E-state index in [0.29, 0.717) is 37.1 Å². The van der Waals surface area contributed by atoms with E-state index < -0.39 is 11.7 Å². The molecule has 1 fully saturated rings. The molecule has 0 bridgehead atoms. The third kappa shape index (κ3) is 5.22. The zero-order valence-electron chi connectivity index (χ0n) is 14.9. The standard InChI is InChI=1S/C20H19F3N2O2S/c21-20(22,23)16-3-1-2-14(12-16)4-5-18(26)25-9-6-17(7-10-25)24-19(27)15-8-11-28-13-15/h1-5,8,11-13,17H,6-7,9-10H2,(H,24,27)/b5-4+. The Bertz CT molecular complexity index is 855. The number of carbonyl (C=O) groups is 2. The van der Waals surface area contributed by atoms with Gasteiger partial charge in [0.05, 0.1) is 5.56 Å². The fourth-order valence-corrected chi connectivity index (χ4v) is 3.63. The Hall–Kier alpha value is -2.61. The van der Waals surface area contributed by atoms with Crippen LogP contribution < -0.4 is 5.32 Å². The van der Waals surface area contributed by atoms with Gasteiger partial charge in [-0.3, -0.25) is 9.59 Å². The van der Waals surface area contributed by atoms with E-state index in [-0.39, 0.29) is 17.9 Å². The summed E-state index contributed by atoms with van der Waals surface area (Å²) in [7, 11) is 0. The smallest absolute Gasteiger partial charge is 0.349 e. The molecule has 0 radical (unpaired) electrons. The average molecular weight is 408 g/mol. The predicted octanol–water partition coefficient (Wildman–Crippen LogP) is 4.20. The van der Waals surface area contributed by atoms with Gasteiger partial charge in [-0.1, -0.05) is 12.1 Å². The number of benzene rings is 1. The van der Waals surface area contributed by atoms with Crippen LogP contribution in [0.2, 0.25) is 0 Å². The highest BCUT2D eigenvalue weighted by Crippen LogP contribution is 2.29. The molecule has 1 saturated heterocycles. The molecule has 0 aliphatic carbocycles. The minimum absolute atomic E-state index is 0.00361. The Morgan fingerprint density at radius 1 is 1.18 bits per heavy atom. The second-order valence-electron chi connectivity index (χ2n) is 6.54. The molecular weight excluding hydrogens is 389 g/mol. The van der Waals surface area contributed by atoms with Crippen molar-refractivity contribution in [2.45, 2.75) is 25.1 Å². The van der Waals surface area contributed by atoms with Gasteiger partial charge in [0.1, 0.15) is 0 Å². The number of hydrogen-bond donors (Lipinski definition) is 1. The minimum atomic E-state index is -4.41. The number of thiophene rings is 1. The summed E-state index contributed by atoms with van der Waals surface area (Å²) in [5.41, 5.74) is 0.206. The van der Waals surface area contributed by atoms with Crippen molar-refractivity contribution in [3.63, 3.8) is 0 Å². The van der Waals surface area contributed by atoms with Crippen LogP contribution in [0.4, 0.5) is 13.2 Å². The summed E-state index contributed by atoms with van der Waals surface area (Å²) < 4.78 is 38.2. The maximum Gasteiger partial charge on any atom is 0.416 e. The molecule has 0 saturated carbocycles. The largest absolute Gasteiger partial charge is 0.416 e. The lowest BCUT2D eigenvalue weighted by Gasteiger charge is -2.31. The summed E-state index contributed by atoms with van der Waals surface area (Å²) in [4.78, 5) is 26.0. The van der Waals surface area contributed by atoms with E-state index in [0.717, 1.165) is 12.1 Å². The Morgan fingerprint density at radius 3 is 2.57 bits per heavy atom. The molecule has 148 valence electrons. The van der Waals surface area contributed by atoms with Crippen LogP contribution in [-0.2, 0) is 11.0 Å². The number of alkyl halides is 3. The van der Waals surface area contributed by atoms with Crippen molar-refractivity contribution in [1.82, 2.24) is 10.2 Å². The minimum Gasteiger partial charge on any atom is -0.349 e. The van der Waals surface area contributed by atoms with Crippen LogP contribution in [0.15, 0.2) is 47.2 Å². The molecule has 1 aliphatic rings. The Balaban J connectivity index is 1.51. The van der Waals surface area contributed by atoms with Crippen LogP contribution in [0.5, 0.6) is 0 Å². The van der Waals surface area contributed by atoms with Crippen molar-refractivity contribution >= 4 is 29.2 Å². The summed E-state index contributed by atoms with van der Waals surface area (Å²) in [6.45, 7) is 0.973. The highest BCUT2D eigenvalue weighted by molar-refractivity contribution is 7.08. The van der Waals surface area contributed by atoms with Gasteiger partial charge in [-0.2, -0.15) is 24.5 Å². The number of nitrogens with one attached hydrogen (secondary N) is 1. The number of hydrogen-bond acceptors (Lipinski definition) is 3. The van der Waals surface area contributed by atoms with Crippen molar-refractivity contribution in [2.75, 3.05) is 13.1 Å². The molecule has 1 aliphatic heterocycles. The molecule has 2 aromatic rings. The lowest BCUT2D eigenvalue weighted by Crippen LogP contribution is -2.46. The van der Waals surface area contributed by atoms with Crippen molar-refractivity contribution in [3.8, 4) is 0 Å². The van der Waals surface area contributed by atoms with E-state index in [1.807, 2.05) is 5.38 Å². The molecule has 2 amide bonds. The molecule has 28 heavy (non-hydrogen) atoms. The summed E-state index contributed by atoms with van der Waals surface area (Å²) >= 11 is 1.46. The van der Waals surface area contributed by atoms with Crippen LogP contribution in [0, 0.1) is 0 Å². The summed E-state index contributed by atoms with van der Waals surface area (Å²) in [6.07, 6.45) is -0.455. The first-order chi connectivity index (χ1) is 13.3. The topological polar surface area (TPSA) is 49.4 Å². The fourth-order valence-electron chi connectivity index (χ4n) is 3.00. The summed E-state index contributed by atoms with van der Waals surface area (Å²) in [5.74, 6) is -0.365. The van der Waals surface area contributed by atoms with Crippen LogP contribution >= 0.6 is 11.3 Å². The molecule has 0 atom stereocenters. The quantitative estimate of drug-likeness (QED) is 0.771. The second-order valence-corrected chi connectivity index (χ2v) is 7.32. The normalized spacial score (nSPS) is 15.8. The van der Waals surface area contributed by atoms with E-state index in [2.05, 4.69) is 5.32 Å². The van der Waals surface area contributed by atoms with Gasteiger partial charge in [-0.15, -0.1) is 0 Å². The third-order valence-electron chi connectivity index (χ3n) is 4.56. The molecule has 1 N–H and O–H groups in total. The Labute approximate surface area is 164 Å². The van der Waals surface area contributed by atoms with Crippen LogP contribution in [0.1, 0.15) is 34.3 Å². The zero-order chi connectivity index (χ0) is 20.1. The van der Waals surface area contributed by atoms with Gasteiger partial charge in [-0.05, 0) is 48.1 Å². The first-order valence-corrected chi connectivity index (χ1v) is 9.74. The molecule has 1 aromatic carbocycles. The van der Waals surface area contributed by atoms with Crippen LogP contribution in [0.3, 0.4) is 0 Å². The Kier molecular flexibility index (Phi) is 6.18. The SMILES string of the molecule is O=C(NC1CCN(C(=O)/C=C/c2cccc(C(F)(F)F)c2)CC1)c1ccsc1. The Morgan fingerprint density at radius 2 is 1.93 bits per heavy atom. The number of carbonyl (C=O) groups excluding carboxylic acids is 2. The number of halogens is 3. The van der Waals surface area contributed by atoms with Crippen molar-refractivity contribution in [1.29, 1.82) is 0 Å². The van der Waals surface area contributed by atoms with Crippen LogP contribution in [-0.4, -0.2) is 35.8 Å². The molecule has 0 spiro atoms. The average Bonchev–Trinajstić information content (AvgIpc) is 3.21. The van der Waals surface area contributed by atoms with Gasteiger partial charge in [0.15, 0.2) is 0 Å². The predicted molar refractivity (Wildman–Crippen MR) is 102 cm³/mol. The van der Waals surface area contributed by atoms with Gasteiger partial charge in [0.2, 0.25) is 5.91 Å². The number of amides is 2. The number of piperidine rings is 1. The third-order valence-corrected chi connectivity index (χ3v) is 5.24. The summed E-state index contributed by atoms with van der Waals surface area (Å²) in [6, 6.07) is 6.60. The molecule has 1 aromatic heterocycles. The first-order valence-electron chi connectivity index (χ1n) is 8.80. The van der Waals surface area contributed by atoms with Crippen molar-refractivity contribution in [3.05, 3.63) is 63.9 Å². The van der Waals surface area contributed by atoms with Gasteiger partial charge in [-0.25, -0.2) is 0 Å². The van der Waals surface area contributed by atoms with E-state index in [1.165, 1.54) is 35.6 Å². The number of nitrogens with zero attached hydrogens (tertiary/aromatic N) is 1. The zero-order valence-corrected chi connectivity index (χ0v) is 15.7. The second kappa shape index (κ2) is 8.60. The summed E-state index contributed by atoms with van der Waals surface area (Å²) in [5, 5.41) is 6.59. The van der Waals surface area contributed by atoms with Crippen molar-refractivity contribution < 1.29 is 22.8 Å². The molecule has 2 heterocycles. The highest BCUT2D eigenvalue weighted by Gasteiger charge is 2.30.